The van der Waals surface area contributed by atoms with Gasteiger partial charge < -0.3 is 9.88 Å². The van der Waals surface area contributed by atoms with Crippen molar-refractivity contribution >= 4 is 39.4 Å². The summed E-state index contributed by atoms with van der Waals surface area (Å²) in [6, 6.07) is 10.1. The molecule has 31 heavy (non-hydrogen) atoms. The summed E-state index contributed by atoms with van der Waals surface area (Å²) in [6.45, 7) is 3.27. The zero-order chi connectivity index (χ0) is 21.8. The minimum atomic E-state index is -0.415. The van der Waals surface area contributed by atoms with Gasteiger partial charge in [-0.15, -0.1) is 10.2 Å². The van der Waals surface area contributed by atoms with Crippen molar-refractivity contribution in [1.82, 2.24) is 29.3 Å². The SMILES string of the molecule is CCCCn1c(=O)[nH]c(=O)c2c1nc(CSc1nnc(NCc3ccccc3)s1)n2C. The number of anilines is 1. The van der Waals surface area contributed by atoms with E-state index in [0.29, 0.717) is 35.8 Å². The molecule has 4 aromatic rings. The molecule has 0 aliphatic rings. The van der Waals surface area contributed by atoms with Gasteiger partial charge in [0.1, 0.15) is 5.82 Å². The lowest BCUT2D eigenvalue weighted by Crippen LogP contribution is -2.31. The van der Waals surface area contributed by atoms with Crippen LogP contribution in [0.2, 0.25) is 0 Å². The number of hydrogen-bond donors (Lipinski definition) is 2. The lowest BCUT2D eigenvalue weighted by molar-refractivity contribution is 0.613. The van der Waals surface area contributed by atoms with Crippen molar-refractivity contribution in [2.75, 3.05) is 5.32 Å². The number of unbranched alkanes of at least 4 members (excludes halogenated alkanes) is 1. The molecule has 0 amide bonds. The Kier molecular flexibility index (Phi) is 6.52. The van der Waals surface area contributed by atoms with Gasteiger partial charge in [-0.05, 0) is 12.0 Å². The first-order valence-corrected chi connectivity index (χ1v) is 11.8. The zero-order valence-electron chi connectivity index (χ0n) is 17.3. The van der Waals surface area contributed by atoms with E-state index in [1.54, 1.807) is 16.2 Å². The Bertz CT molecular complexity index is 1290. The number of nitrogens with one attached hydrogen (secondary N) is 2. The van der Waals surface area contributed by atoms with Gasteiger partial charge in [-0.1, -0.05) is 66.8 Å². The summed E-state index contributed by atoms with van der Waals surface area (Å²) in [5, 5.41) is 12.4. The first kappa shape index (κ1) is 21.3. The molecule has 0 saturated carbocycles. The Balaban J connectivity index is 1.49. The van der Waals surface area contributed by atoms with Gasteiger partial charge in [-0.2, -0.15) is 0 Å². The van der Waals surface area contributed by atoms with Crippen LogP contribution in [0.15, 0.2) is 44.3 Å². The first-order chi connectivity index (χ1) is 15.1. The maximum Gasteiger partial charge on any atom is 0.330 e. The molecule has 0 fully saturated rings. The number of rotatable bonds is 9. The van der Waals surface area contributed by atoms with Crippen LogP contribution in [-0.2, 0) is 25.9 Å². The molecular weight excluding hydrogens is 434 g/mol. The molecule has 162 valence electrons. The lowest BCUT2D eigenvalue weighted by atomic mass is 10.2. The highest BCUT2D eigenvalue weighted by Gasteiger charge is 2.17. The molecule has 0 radical (unpaired) electrons. The number of hydrogen-bond acceptors (Lipinski definition) is 8. The van der Waals surface area contributed by atoms with Crippen LogP contribution in [0.4, 0.5) is 5.13 Å². The highest BCUT2D eigenvalue weighted by Crippen LogP contribution is 2.28. The van der Waals surface area contributed by atoms with Crippen molar-refractivity contribution in [3.8, 4) is 0 Å². The van der Waals surface area contributed by atoms with Crippen molar-refractivity contribution in [2.24, 2.45) is 7.05 Å². The number of imidazole rings is 1. The first-order valence-electron chi connectivity index (χ1n) is 9.99. The van der Waals surface area contributed by atoms with Gasteiger partial charge in [0.2, 0.25) is 5.13 Å². The number of nitrogens with zero attached hydrogens (tertiary/aromatic N) is 5. The summed E-state index contributed by atoms with van der Waals surface area (Å²) in [4.78, 5) is 31.6. The minimum absolute atomic E-state index is 0.411. The van der Waals surface area contributed by atoms with Gasteiger partial charge in [0.15, 0.2) is 15.5 Å². The number of aromatic amines is 1. The van der Waals surface area contributed by atoms with E-state index in [4.69, 9.17) is 0 Å². The molecule has 0 unspecified atom stereocenters. The fraction of sp³-hybridized carbons (Fsp3) is 0.350. The van der Waals surface area contributed by atoms with Gasteiger partial charge in [-0.25, -0.2) is 9.78 Å². The van der Waals surface area contributed by atoms with Crippen LogP contribution in [0.25, 0.3) is 11.2 Å². The average Bonchev–Trinajstić information content (AvgIpc) is 3.36. The largest absolute Gasteiger partial charge is 0.356 e. The Morgan fingerprint density at radius 1 is 1.19 bits per heavy atom. The maximum atomic E-state index is 12.4. The van der Waals surface area contributed by atoms with Crippen LogP contribution in [-0.4, -0.2) is 29.3 Å². The highest BCUT2D eigenvalue weighted by molar-refractivity contribution is 8.00. The molecule has 0 spiro atoms. The third-order valence-electron chi connectivity index (χ3n) is 4.86. The van der Waals surface area contributed by atoms with Gasteiger partial charge >= 0.3 is 5.69 Å². The van der Waals surface area contributed by atoms with Crippen LogP contribution in [0.1, 0.15) is 31.2 Å². The zero-order valence-corrected chi connectivity index (χ0v) is 18.9. The Morgan fingerprint density at radius 2 is 2.00 bits per heavy atom. The number of benzene rings is 1. The third kappa shape index (κ3) is 4.72. The third-order valence-corrected chi connectivity index (χ3v) is 6.87. The predicted octanol–water partition coefficient (Wildman–Crippen LogP) is 2.98. The lowest BCUT2D eigenvalue weighted by Gasteiger charge is -2.04. The second-order valence-electron chi connectivity index (χ2n) is 7.02. The Hall–Kier alpha value is -2.92. The summed E-state index contributed by atoms with van der Waals surface area (Å²) in [7, 11) is 1.79. The molecule has 0 aliphatic heterocycles. The van der Waals surface area contributed by atoms with E-state index in [1.165, 1.54) is 28.7 Å². The monoisotopic (exact) mass is 457 g/mol. The average molecular weight is 458 g/mol. The molecule has 1 aromatic carbocycles. The Labute approximate surface area is 186 Å². The molecule has 9 nitrogen and oxygen atoms in total. The maximum absolute atomic E-state index is 12.4. The molecule has 11 heteroatoms. The molecule has 0 saturated heterocycles. The quantitative estimate of drug-likeness (QED) is 0.372. The van der Waals surface area contributed by atoms with Gasteiger partial charge in [-0.3, -0.25) is 14.3 Å². The smallest absolute Gasteiger partial charge is 0.330 e. The molecular formula is C20H23N7O2S2. The van der Waals surface area contributed by atoms with E-state index in [-0.39, 0.29) is 0 Å². The Morgan fingerprint density at radius 3 is 2.77 bits per heavy atom. The number of aromatic nitrogens is 6. The molecule has 4 rings (SSSR count). The van der Waals surface area contributed by atoms with E-state index < -0.39 is 11.2 Å². The summed E-state index contributed by atoms with van der Waals surface area (Å²) < 4.78 is 4.10. The minimum Gasteiger partial charge on any atom is -0.356 e. The fourth-order valence-corrected chi connectivity index (χ4v) is 4.92. The van der Waals surface area contributed by atoms with Crippen LogP contribution in [0.3, 0.4) is 0 Å². The number of aryl methyl sites for hydroxylation is 2. The van der Waals surface area contributed by atoms with Gasteiger partial charge in [0, 0.05) is 20.1 Å². The molecule has 0 aliphatic carbocycles. The molecule has 0 bridgehead atoms. The van der Waals surface area contributed by atoms with Crippen LogP contribution >= 0.6 is 23.1 Å². The standard InChI is InChI=1S/C20H23N7O2S2/c1-3-4-10-27-16-15(17(28)23-19(27)29)26(2)14(22-16)12-30-20-25-24-18(31-20)21-11-13-8-6-5-7-9-13/h5-9H,3-4,10-12H2,1-2H3,(H,21,24)(H,23,28,29). The second kappa shape index (κ2) is 9.48. The van der Waals surface area contributed by atoms with Crippen LogP contribution in [0.5, 0.6) is 0 Å². The van der Waals surface area contributed by atoms with Gasteiger partial charge in [0.25, 0.3) is 5.56 Å². The summed E-state index contributed by atoms with van der Waals surface area (Å²) in [5.74, 6) is 1.22. The van der Waals surface area contributed by atoms with Crippen molar-refractivity contribution < 1.29 is 0 Å². The van der Waals surface area contributed by atoms with Crippen LogP contribution < -0.4 is 16.6 Å². The topological polar surface area (TPSA) is 110 Å². The summed E-state index contributed by atoms with van der Waals surface area (Å²) >= 11 is 2.97. The number of fused-ring (bicyclic) bond motifs is 1. The van der Waals surface area contributed by atoms with Crippen LogP contribution in [0, 0.1) is 0 Å². The normalized spacial score (nSPS) is 11.3. The molecule has 2 N–H and O–H groups in total. The van der Waals surface area contributed by atoms with E-state index in [2.05, 4.69) is 44.5 Å². The summed E-state index contributed by atoms with van der Waals surface area (Å²) in [5.41, 5.74) is 1.19. The predicted molar refractivity (Wildman–Crippen MR) is 124 cm³/mol. The van der Waals surface area contributed by atoms with E-state index >= 15 is 0 Å². The van der Waals surface area contributed by atoms with E-state index in [1.807, 2.05) is 18.2 Å². The summed E-state index contributed by atoms with van der Waals surface area (Å²) in [6.07, 6.45) is 1.78. The number of H-pyrrole nitrogens is 1. The highest BCUT2D eigenvalue weighted by atomic mass is 32.2. The van der Waals surface area contributed by atoms with Crippen molar-refractivity contribution in [2.45, 2.75) is 42.9 Å². The van der Waals surface area contributed by atoms with Gasteiger partial charge in [0.05, 0.1) is 5.75 Å². The van der Waals surface area contributed by atoms with Crippen molar-refractivity contribution in [3.63, 3.8) is 0 Å². The molecule has 3 heterocycles. The van der Waals surface area contributed by atoms with E-state index in [0.717, 1.165) is 22.3 Å². The fourth-order valence-electron chi connectivity index (χ4n) is 3.18. The van der Waals surface area contributed by atoms with E-state index in [9.17, 15) is 9.59 Å². The second-order valence-corrected chi connectivity index (χ2v) is 9.22. The molecule has 0 atom stereocenters. The van der Waals surface area contributed by atoms with Crippen molar-refractivity contribution in [3.05, 3.63) is 62.6 Å². The molecule has 3 aromatic heterocycles. The van der Waals surface area contributed by atoms with Crippen molar-refractivity contribution in [1.29, 1.82) is 0 Å². The number of thioether (sulfide) groups is 1.